The lowest BCUT2D eigenvalue weighted by Crippen LogP contribution is -2.31. The third-order valence-electron chi connectivity index (χ3n) is 4.21. The minimum absolute atomic E-state index is 0.104. The highest BCUT2D eigenvalue weighted by molar-refractivity contribution is 8.04. The summed E-state index contributed by atoms with van der Waals surface area (Å²) in [5.74, 6) is 1.52. The second kappa shape index (κ2) is 6.88. The Morgan fingerprint density at radius 1 is 1.19 bits per heavy atom. The number of hydrogen-bond donors (Lipinski definition) is 1. The molecular formula is C20H19N3O2S. The second-order valence-corrected chi connectivity index (χ2v) is 7.37. The summed E-state index contributed by atoms with van der Waals surface area (Å²) in [6.07, 6.45) is 1.93. The molecule has 1 aliphatic heterocycles. The molecule has 0 radical (unpaired) electrons. The van der Waals surface area contributed by atoms with E-state index in [1.807, 2.05) is 73.4 Å². The van der Waals surface area contributed by atoms with Gasteiger partial charge >= 0.3 is 0 Å². The monoisotopic (exact) mass is 365 g/mol. The zero-order valence-corrected chi connectivity index (χ0v) is 15.4. The van der Waals surface area contributed by atoms with Gasteiger partial charge in [-0.25, -0.2) is 0 Å². The van der Waals surface area contributed by atoms with Gasteiger partial charge in [0.25, 0.3) is 11.9 Å². The van der Waals surface area contributed by atoms with Gasteiger partial charge in [-0.3, -0.25) is 4.79 Å². The number of benzene rings is 2. The molecule has 1 aromatic heterocycles. The van der Waals surface area contributed by atoms with Crippen molar-refractivity contribution in [3.63, 3.8) is 0 Å². The van der Waals surface area contributed by atoms with Gasteiger partial charge in [0, 0.05) is 6.04 Å². The fourth-order valence-corrected chi connectivity index (χ4v) is 3.91. The minimum Gasteiger partial charge on any atom is -0.426 e. The molecule has 0 aliphatic carbocycles. The fraction of sp³-hybridized carbons (Fsp3) is 0.200. The molecule has 1 aliphatic rings. The average molecular weight is 365 g/mol. The number of ether oxygens (including phenoxy) is 1. The van der Waals surface area contributed by atoms with Crippen LogP contribution in [0.15, 0.2) is 53.4 Å². The molecule has 2 aromatic carbocycles. The maximum absolute atomic E-state index is 12.3. The molecule has 0 spiro atoms. The molecule has 1 N–H and O–H groups in total. The van der Waals surface area contributed by atoms with Crippen molar-refractivity contribution < 1.29 is 9.53 Å². The number of amides is 1. The summed E-state index contributed by atoms with van der Waals surface area (Å²) in [5.41, 5.74) is 2.79. The van der Waals surface area contributed by atoms with E-state index in [1.165, 1.54) is 0 Å². The number of fused-ring (bicyclic) bond motifs is 1. The number of rotatable bonds is 4. The van der Waals surface area contributed by atoms with Crippen molar-refractivity contribution in [1.82, 2.24) is 14.9 Å². The molecule has 0 bridgehead atoms. The topological polar surface area (TPSA) is 58.2 Å². The van der Waals surface area contributed by atoms with Crippen LogP contribution in [-0.4, -0.2) is 32.7 Å². The molecular weight excluding hydrogens is 346 g/mol. The number of H-pyrrole nitrogens is 1. The molecule has 132 valence electrons. The quantitative estimate of drug-likeness (QED) is 0.685. The lowest BCUT2D eigenvalue weighted by molar-refractivity contribution is -0.126. The minimum atomic E-state index is 0.104. The molecule has 1 saturated heterocycles. The number of nitrogens with zero attached hydrogens (tertiary/aromatic N) is 2. The summed E-state index contributed by atoms with van der Waals surface area (Å²) in [4.78, 5) is 22.5. The zero-order chi connectivity index (χ0) is 18.1. The van der Waals surface area contributed by atoms with Crippen LogP contribution < -0.4 is 4.74 Å². The highest BCUT2D eigenvalue weighted by Gasteiger charge is 2.28. The van der Waals surface area contributed by atoms with E-state index in [4.69, 9.17) is 4.74 Å². The lowest BCUT2D eigenvalue weighted by Gasteiger charge is -2.18. The summed E-state index contributed by atoms with van der Waals surface area (Å²) < 4.78 is 5.79. The van der Waals surface area contributed by atoms with E-state index in [0.717, 1.165) is 27.4 Å². The largest absolute Gasteiger partial charge is 0.426 e. The van der Waals surface area contributed by atoms with Crippen molar-refractivity contribution in [3.8, 4) is 11.8 Å². The van der Waals surface area contributed by atoms with Crippen LogP contribution in [0.5, 0.6) is 11.8 Å². The second-order valence-electron chi connectivity index (χ2n) is 6.38. The van der Waals surface area contributed by atoms with E-state index < -0.39 is 0 Å². The number of hydrogen-bond acceptors (Lipinski definition) is 4. The van der Waals surface area contributed by atoms with Crippen LogP contribution in [0.2, 0.25) is 0 Å². The first-order chi connectivity index (χ1) is 12.6. The number of thioether (sulfide) groups is 1. The number of carbonyl (C=O) groups excluding carboxylic acids is 1. The first-order valence-electron chi connectivity index (χ1n) is 8.48. The van der Waals surface area contributed by atoms with Gasteiger partial charge in [0.05, 0.1) is 21.8 Å². The first-order valence-corrected chi connectivity index (χ1v) is 9.47. The molecule has 0 atom stereocenters. The normalized spacial score (nSPS) is 16.2. The molecule has 3 aromatic rings. The predicted molar refractivity (Wildman–Crippen MR) is 105 cm³/mol. The summed E-state index contributed by atoms with van der Waals surface area (Å²) >= 11 is 1.58. The van der Waals surface area contributed by atoms with E-state index in [-0.39, 0.29) is 11.9 Å². The highest BCUT2D eigenvalue weighted by Crippen LogP contribution is 2.31. The molecule has 2 heterocycles. The predicted octanol–water partition coefficient (Wildman–Crippen LogP) is 4.64. The van der Waals surface area contributed by atoms with Crippen molar-refractivity contribution >= 4 is 34.8 Å². The number of nitrogens with one attached hydrogen (secondary N) is 1. The van der Waals surface area contributed by atoms with Crippen molar-refractivity contribution in [2.75, 3.05) is 5.88 Å². The summed E-state index contributed by atoms with van der Waals surface area (Å²) in [7, 11) is 0. The molecule has 4 rings (SSSR count). The average Bonchev–Trinajstić information content (AvgIpc) is 3.20. The maximum Gasteiger partial charge on any atom is 0.300 e. The molecule has 0 saturated carbocycles. The summed E-state index contributed by atoms with van der Waals surface area (Å²) in [6, 6.07) is 16.1. The van der Waals surface area contributed by atoms with Gasteiger partial charge in [0.1, 0.15) is 5.75 Å². The highest BCUT2D eigenvalue weighted by atomic mass is 32.2. The third-order valence-corrected chi connectivity index (χ3v) is 5.22. The maximum atomic E-state index is 12.3. The Hall–Kier alpha value is -2.73. The van der Waals surface area contributed by atoms with Gasteiger partial charge in [0.15, 0.2) is 0 Å². The van der Waals surface area contributed by atoms with E-state index in [2.05, 4.69) is 9.97 Å². The first kappa shape index (κ1) is 16.7. The van der Waals surface area contributed by atoms with E-state index in [0.29, 0.717) is 11.8 Å². The number of carbonyl (C=O) groups is 1. The molecule has 26 heavy (non-hydrogen) atoms. The Morgan fingerprint density at radius 2 is 1.96 bits per heavy atom. The van der Waals surface area contributed by atoms with Gasteiger partial charge < -0.3 is 14.6 Å². The Kier molecular flexibility index (Phi) is 4.42. The Morgan fingerprint density at radius 3 is 2.65 bits per heavy atom. The van der Waals surface area contributed by atoms with Crippen molar-refractivity contribution in [3.05, 3.63) is 59.0 Å². The lowest BCUT2D eigenvalue weighted by atomic mass is 10.2. The van der Waals surface area contributed by atoms with E-state index >= 15 is 0 Å². The molecule has 6 heteroatoms. The Bertz CT molecular complexity index is 943. The molecule has 0 unspecified atom stereocenters. The van der Waals surface area contributed by atoms with Crippen LogP contribution in [0.1, 0.15) is 19.4 Å². The number of aromatic amines is 1. The van der Waals surface area contributed by atoms with Crippen LogP contribution in [0, 0.1) is 0 Å². The molecule has 5 nitrogen and oxygen atoms in total. The molecule has 1 amide bonds. The Balaban J connectivity index is 1.48. The van der Waals surface area contributed by atoms with E-state index in [1.54, 1.807) is 11.8 Å². The van der Waals surface area contributed by atoms with Crippen LogP contribution in [0.25, 0.3) is 17.1 Å². The summed E-state index contributed by atoms with van der Waals surface area (Å²) in [6.45, 7) is 4.07. The van der Waals surface area contributed by atoms with Gasteiger partial charge in [-0.05, 0) is 49.8 Å². The van der Waals surface area contributed by atoms with Gasteiger partial charge in [-0.2, -0.15) is 4.98 Å². The van der Waals surface area contributed by atoms with Crippen LogP contribution in [0.4, 0.5) is 0 Å². The van der Waals surface area contributed by atoms with Gasteiger partial charge in [-0.1, -0.05) is 36.0 Å². The van der Waals surface area contributed by atoms with Crippen LogP contribution in [-0.2, 0) is 4.79 Å². The number of aromatic nitrogens is 2. The van der Waals surface area contributed by atoms with Crippen molar-refractivity contribution in [2.24, 2.45) is 0 Å². The van der Waals surface area contributed by atoms with E-state index in [9.17, 15) is 4.79 Å². The van der Waals surface area contributed by atoms with Crippen LogP contribution in [0.3, 0.4) is 0 Å². The van der Waals surface area contributed by atoms with Gasteiger partial charge in [0.2, 0.25) is 0 Å². The summed E-state index contributed by atoms with van der Waals surface area (Å²) in [5, 5.41) is 0. The standard InChI is InChI=1S/C20H19N3O2S/c1-13(2)23-12-26-18(19(23)24)11-14-7-9-15(10-8-14)25-20-21-16-5-3-4-6-17(16)22-20/h3-11,13H,12H2,1-2H3,(H,21,22)/b18-11-. The molecule has 1 fully saturated rings. The zero-order valence-electron chi connectivity index (χ0n) is 14.6. The van der Waals surface area contributed by atoms with Crippen LogP contribution >= 0.6 is 11.8 Å². The Labute approximate surface area is 156 Å². The SMILES string of the molecule is CC(C)N1CS/C(=C\c2ccc(Oc3nc4ccccc4[nH]3)cc2)C1=O. The number of para-hydroxylation sites is 2. The van der Waals surface area contributed by atoms with Crippen molar-refractivity contribution in [2.45, 2.75) is 19.9 Å². The third kappa shape index (κ3) is 3.32. The number of imidazole rings is 1. The van der Waals surface area contributed by atoms with Gasteiger partial charge in [-0.15, -0.1) is 0 Å². The fourth-order valence-electron chi connectivity index (χ4n) is 2.76. The smallest absolute Gasteiger partial charge is 0.300 e. The van der Waals surface area contributed by atoms with Crippen molar-refractivity contribution in [1.29, 1.82) is 0 Å².